The smallest absolute Gasteiger partial charge is 0.309 e. The first-order valence-corrected chi connectivity index (χ1v) is 9.31. The van der Waals surface area contributed by atoms with Gasteiger partial charge in [0.2, 0.25) is 0 Å². The minimum absolute atomic E-state index is 0.148. The molecule has 0 atom stereocenters. The van der Waals surface area contributed by atoms with Crippen molar-refractivity contribution in [3.63, 3.8) is 0 Å². The van der Waals surface area contributed by atoms with Crippen LogP contribution in [0.3, 0.4) is 0 Å². The summed E-state index contributed by atoms with van der Waals surface area (Å²) >= 11 is 0. The van der Waals surface area contributed by atoms with Crippen LogP contribution >= 0.6 is 0 Å². The zero-order chi connectivity index (χ0) is 17.6. The number of amides is 2. The Kier molecular flexibility index (Phi) is 5.74. The second-order valence-electron chi connectivity index (χ2n) is 6.96. The van der Waals surface area contributed by atoms with Crippen LogP contribution in [0.15, 0.2) is 30.5 Å². The summed E-state index contributed by atoms with van der Waals surface area (Å²) in [5, 5.41) is 6.77. The summed E-state index contributed by atoms with van der Waals surface area (Å²) in [6.45, 7) is 2.67. The fourth-order valence-corrected chi connectivity index (χ4v) is 3.70. The lowest BCUT2D eigenvalue weighted by atomic mass is 9.84. The van der Waals surface area contributed by atoms with Crippen molar-refractivity contribution < 1.29 is 9.59 Å². The molecule has 1 heterocycles. The van der Waals surface area contributed by atoms with Crippen LogP contribution in [0.25, 0.3) is 10.9 Å². The molecule has 1 aliphatic rings. The maximum absolute atomic E-state index is 12.0. The van der Waals surface area contributed by atoms with Gasteiger partial charge in [0.05, 0.1) is 0 Å². The van der Waals surface area contributed by atoms with Crippen LogP contribution in [-0.4, -0.2) is 29.4 Å². The molecule has 1 aromatic carbocycles. The fourth-order valence-electron chi connectivity index (χ4n) is 3.70. The molecule has 5 nitrogen and oxygen atoms in total. The molecule has 134 valence electrons. The molecular weight excluding hydrogens is 314 g/mol. The summed E-state index contributed by atoms with van der Waals surface area (Å²) < 4.78 is 0. The Morgan fingerprint density at radius 2 is 1.88 bits per heavy atom. The summed E-state index contributed by atoms with van der Waals surface area (Å²) in [5.41, 5.74) is 2.23. The Morgan fingerprint density at radius 3 is 2.64 bits per heavy atom. The Labute approximate surface area is 148 Å². The predicted octanol–water partition coefficient (Wildman–Crippen LogP) is 2.91. The third-order valence-corrected chi connectivity index (χ3v) is 5.32. The third kappa shape index (κ3) is 4.41. The molecule has 1 aliphatic carbocycles. The van der Waals surface area contributed by atoms with Crippen LogP contribution in [0.4, 0.5) is 0 Å². The monoisotopic (exact) mass is 341 g/mol. The van der Waals surface area contributed by atoms with E-state index in [2.05, 4.69) is 28.6 Å². The molecule has 3 N–H and O–H groups in total. The van der Waals surface area contributed by atoms with E-state index >= 15 is 0 Å². The summed E-state index contributed by atoms with van der Waals surface area (Å²) in [5.74, 6) is -0.255. The molecule has 3 rings (SSSR count). The summed E-state index contributed by atoms with van der Waals surface area (Å²) in [6, 6.07) is 8.22. The number of carbonyl (C=O) groups excluding carboxylic acids is 2. The van der Waals surface area contributed by atoms with Crippen LogP contribution in [0.1, 0.15) is 44.6 Å². The predicted molar refractivity (Wildman–Crippen MR) is 99.2 cm³/mol. The number of fused-ring (bicyclic) bond motifs is 1. The molecule has 1 saturated carbocycles. The number of H-pyrrole nitrogens is 1. The van der Waals surface area contributed by atoms with Crippen molar-refractivity contribution in [1.82, 2.24) is 15.6 Å². The van der Waals surface area contributed by atoms with Crippen LogP contribution in [0.5, 0.6) is 0 Å². The second-order valence-corrected chi connectivity index (χ2v) is 6.96. The van der Waals surface area contributed by atoms with Gasteiger partial charge in [-0.3, -0.25) is 9.59 Å². The van der Waals surface area contributed by atoms with E-state index in [1.165, 1.54) is 6.42 Å². The lowest BCUT2D eigenvalue weighted by molar-refractivity contribution is -0.139. The molecule has 0 aliphatic heterocycles. The number of hydrogen-bond donors (Lipinski definition) is 3. The summed E-state index contributed by atoms with van der Waals surface area (Å²) in [4.78, 5) is 27.3. The van der Waals surface area contributed by atoms with Crippen molar-refractivity contribution in [2.45, 2.75) is 51.5 Å². The molecule has 0 unspecified atom stereocenters. The van der Waals surface area contributed by atoms with Gasteiger partial charge in [-0.25, -0.2) is 0 Å². The Bertz CT molecular complexity index is 729. The number of hydrogen-bond acceptors (Lipinski definition) is 2. The van der Waals surface area contributed by atoms with E-state index in [0.29, 0.717) is 13.0 Å². The number of rotatable bonds is 5. The van der Waals surface area contributed by atoms with E-state index in [0.717, 1.165) is 48.1 Å². The van der Waals surface area contributed by atoms with Gasteiger partial charge in [0, 0.05) is 29.7 Å². The number of para-hydroxylation sites is 1. The van der Waals surface area contributed by atoms with Gasteiger partial charge in [0.1, 0.15) is 0 Å². The highest BCUT2D eigenvalue weighted by Gasteiger charge is 2.23. The minimum Gasteiger partial charge on any atom is -0.361 e. The van der Waals surface area contributed by atoms with E-state index in [4.69, 9.17) is 0 Å². The Balaban J connectivity index is 1.42. The van der Waals surface area contributed by atoms with Gasteiger partial charge in [-0.05, 0) is 49.7 Å². The maximum atomic E-state index is 12.0. The van der Waals surface area contributed by atoms with Crippen molar-refractivity contribution in [2.75, 3.05) is 6.54 Å². The quantitative estimate of drug-likeness (QED) is 0.732. The average Bonchev–Trinajstić information content (AvgIpc) is 3.05. The molecular formula is C20H27N3O2. The van der Waals surface area contributed by atoms with E-state index in [9.17, 15) is 9.59 Å². The van der Waals surface area contributed by atoms with Gasteiger partial charge in [0.25, 0.3) is 0 Å². The molecule has 0 saturated heterocycles. The van der Waals surface area contributed by atoms with E-state index in [1.54, 1.807) is 0 Å². The molecule has 0 spiro atoms. The standard InChI is InChI=1S/C20H27N3O2/c1-2-14-7-9-16(10-8-14)23-20(25)19(24)21-12-11-15-13-22-18-6-4-3-5-17(15)18/h3-6,13-14,16,22H,2,7-12H2,1H3,(H,21,24)(H,23,25). The number of benzene rings is 1. The normalized spacial score (nSPS) is 20.4. The highest BCUT2D eigenvalue weighted by atomic mass is 16.2. The van der Waals surface area contributed by atoms with Gasteiger partial charge >= 0.3 is 11.8 Å². The molecule has 1 fully saturated rings. The minimum atomic E-state index is -0.530. The van der Waals surface area contributed by atoms with Gasteiger partial charge < -0.3 is 15.6 Å². The Hall–Kier alpha value is -2.30. The van der Waals surface area contributed by atoms with Gasteiger partial charge in [-0.15, -0.1) is 0 Å². The second kappa shape index (κ2) is 8.19. The fraction of sp³-hybridized carbons (Fsp3) is 0.500. The van der Waals surface area contributed by atoms with Gasteiger partial charge in [0.15, 0.2) is 0 Å². The van der Waals surface area contributed by atoms with Crippen molar-refractivity contribution in [2.24, 2.45) is 5.92 Å². The van der Waals surface area contributed by atoms with Crippen molar-refractivity contribution >= 4 is 22.7 Å². The number of aromatic nitrogens is 1. The van der Waals surface area contributed by atoms with E-state index < -0.39 is 11.8 Å². The van der Waals surface area contributed by atoms with E-state index in [1.807, 2.05) is 24.4 Å². The lowest BCUT2D eigenvalue weighted by Crippen LogP contribution is -2.46. The third-order valence-electron chi connectivity index (χ3n) is 5.32. The highest BCUT2D eigenvalue weighted by Crippen LogP contribution is 2.26. The number of aromatic amines is 1. The lowest BCUT2D eigenvalue weighted by Gasteiger charge is -2.28. The number of nitrogens with one attached hydrogen (secondary N) is 3. The van der Waals surface area contributed by atoms with E-state index in [-0.39, 0.29) is 6.04 Å². The molecule has 0 radical (unpaired) electrons. The van der Waals surface area contributed by atoms with Crippen LogP contribution < -0.4 is 10.6 Å². The molecule has 2 amide bonds. The molecule has 0 bridgehead atoms. The highest BCUT2D eigenvalue weighted by molar-refractivity contribution is 6.35. The van der Waals surface area contributed by atoms with Crippen LogP contribution in [-0.2, 0) is 16.0 Å². The average molecular weight is 341 g/mol. The number of carbonyl (C=O) groups is 2. The molecule has 5 heteroatoms. The Morgan fingerprint density at radius 1 is 1.12 bits per heavy atom. The molecule has 2 aromatic rings. The van der Waals surface area contributed by atoms with Gasteiger partial charge in [-0.1, -0.05) is 31.5 Å². The summed E-state index contributed by atoms with van der Waals surface area (Å²) in [7, 11) is 0. The topological polar surface area (TPSA) is 74.0 Å². The molecule has 25 heavy (non-hydrogen) atoms. The van der Waals surface area contributed by atoms with Gasteiger partial charge in [-0.2, -0.15) is 0 Å². The van der Waals surface area contributed by atoms with Crippen LogP contribution in [0, 0.1) is 5.92 Å². The maximum Gasteiger partial charge on any atom is 0.309 e. The van der Waals surface area contributed by atoms with Crippen molar-refractivity contribution in [3.05, 3.63) is 36.0 Å². The molecule has 1 aromatic heterocycles. The van der Waals surface area contributed by atoms with Crippen molar-refractivity contribution in [3.8, 4) is 0 Å². The zero-order valence-electron chi connectivity index (χ0n) is 14.8. The largest absolute Gasteiger partial charge is 0.361 e. The SMILES string of the molecule is CCC1CCC(NC(=O)C(=O)NCCc2c[nH]c3ccccc23)CC1. The summed E-state index contributed by atoms with van der Waals surface area (Å²) in [6.07, 6.45) is 8.11. The first-order valence-electron chi connectivity index (χ1n) is 9.31. The first kappa shape index (κ1) is 17.5. The zero-order valence-corrected chi connectivity index (χ0v) is 14.8. The van der Waals surface area contributed by atoms with Crippen LogP contribution in [0.2, 0.25) is 0 Å². The first-order chi connectivity index (χ1) is 12.2. The van der Waals surface area contributed by atoms with Crippen molar-refractivity contribution in [1.29, 1.82) is 0 Å².